The van der Waals surface area contributed by atoms with E-state index in [1.165, 1.54) is 0 Å². The van der Waals surface area contributed by atoms with Crippen molar-refractivity contribution in [1.82, 2.24) is 5.32 Å². The van der Waals surface area contributed by atoms with Crippen LogP contribution in [0.3, 0.4) is 0 Å². The van der Waals surface area contributed by atoms with Crippen LogP contribution in [0.15, 0.2) is 12.1 Å². The zero-order valence-corrected chi connectivity index (χ0v) is 10.7. The number of phenolic OH excluding ortho intramolecular Hbond substituents is 1. The molecule has 0 heterocycles. The van der Waals surface area contributed by atoms with Crippen molar-refractivity contribution in [2.45, 2.75) is 26.0 Å². The van der Waals surface area contributed by atoms with Crippen molar-refractivity contribution in [3.63, 3.8) is 0 Å². The molecule has 0 radical (unpaired) electrons. The molecule has 0 amide bonds. The van der Waals surface area contributed by atoms with Crippen molar-refractivity contribution in [2.24, 2.45) is 0 Å². The second kappa shape index (κ2) is 5.73. The summed E-state index contributed by atoms with van der Waals surface area (Å²) in [6.07, 6.45) is -0.438. The molecule has 90 valence electrons. The third-order valence-electron chi connectivity index (χ3n) is 2.29. The highest BCUT2D eigenvalue weighted by Gasteiger charge is 2.14. The smallest absolute Gasteiger partial charge is 0.140 e. The van der Waals surface area contributed by atoms with Gasteiger partial charge in [0.25, 0.3) is 0 Å². The second-order valence-electron chi connectivity index (χ2n) is 3.78. The first-order valence-corrected chi connectivity index (χ1v) is 5.77. The van der Waals surface area contributed by atoms with Gasteiger partial charge in [-0.15, -0.1) is 0 Å². The first kappa shape index (κ1) is 13.6. The molecule has 0 aliphatic rings. The van der Waals surface area contributed by atoms with Gasteiger partial charge in [-0.2, -0.15) is 0 Å². The lowest BCUT2D eigenvalue weighted by Crippen LogP contribution is -2.27. The van der Waals surface area contributed by atoms with Gasteiger partial charge in [0, 0.05) is 18.2 Å². The van der Waals surface area contributed by atoms with E-state index >= 15 is 0 Å². The fourth-order valence-electron chi connectivity index (χ4n) is 1.36. The second-order valence-corrected chi connectivity index (χ2v) is 4.56. The third kappa shape index (κ3) is 3.25. The van der Waals surface area contributed by atoms with Gasteiger partial charge < -0.3 is 15.5 Å². The van der Waals surface area contributed by atoms with E-state index in [4.69, 9.17) is 28.3 Å². The van der Waals surface area contributed by atoms with Crippen molar-refractivity contribution in [1.29, 1.82) is 0 Å². The zero-order valence-electron chi connectivity index (χ0n) is 9.17. The number of aromatic hydroxyl groups is 1. The molecule has 0 spiro atoms. The Balaban J connectivity index is 2.84. The van der Waals surface area contributed by atoms with E-state index in [1.807, 2.05) is 6.92 Å². The zero-order chi connectivity index (χ0) is 12.3. The molecule has 1 aromatic carbocycles. The molecule has 0 saturated heterocycles. The molecule has 1 aromatic rings. The Morgan fingerprint density at radius 3 is 2.50 bits per heavy atom. The first-order valence-electron chi connectivity index (χ1n) is 5.01. The van der Waals surface area contributed by atoms with Gasteiger partial charge in [0.05, 0.1) is 11.1 Å². The lowest BCUT2D eigenvalue weighted by Gasteiger charge is -2.17. The van der Waals surface area contributed by atoms with Crippen LogP contribution >= 0.6 is 23.2 Å². The molecule has 2 unspecified atom stereocenters. The van der Waals surface area contributed by atoms with E-state index < -0.39 is 6.10 Å². The van der Waals surface area contributed by atoms with Crippen molar-refractivity contribution < 1.29 is 10.2 Å². The maximum Gasteiger partial charge on any atom is 0.140 e. The largest absolute Gasteiger partial charge is 0.506 e. The number of hydrogen-bond acceptors (Lipinski definition) is 3. The Bertz CT molecular complexity index is 369. The van der Waals surface area contributed by atoms with Crippen molar-refractivity contribution in [2.75, 3.05) is 6.54 Å². The van der Waals surface area contributed by atoms with Crippen LogP contribution in [0.5, 0.6) is 5.75 Å². The average Bonchev–Trinajstić information content (AvgIpc) is 2.23. The molecule has 5 heteroatoms. The van der Waals surface area contributed by atoms with Gasteiger partial charge in [-0.3, -0.25) is 0 Å². The van der Waals surface area contributed by atoms with Crippen LogP contribution in [0.4, 0.5) is 0 Å². The van der Waals surface area contributed by atoms with Crippen LogP contribution in [-0.4, -0.2) is 22.9 Å². The maximum absolute atomic E-state index is 9.80. The molecular weight excluding hydrogens is 249 g/mol. The normalized spacial score (nSPS) is 14.8. The van der Waals surface area contributed by atoms with Gasteiger partial charge in [0.2, 0.25) is 0 Å². The van der Waals surface area contributed by atoms with Crippen LogP contribution in [0, 0.1) is 0 Å². The summed E-state index contributed by atoms with van der Waals surface area (Å²) in [5.41, 5.74) is 0.662. The van der Waals surface area contributed by atoms with E-state index in [9.17, 15) is 5.11 Å². The van der Waals surface area contributed by atoms with Crippen LogP contribution < -0.4 is 5.32 Å². The first-order chi connectivity index (χ1) is 7.43. The topological polar surface area (TPSA) is 52.5 Å². The number of aliphatic hydroxyl groups excluding tert-OH is 1. The van der Waals surface area contributed by atoms with Crippen LogP contribution in [-0.2, 0) is 0 Å². The molecule has 3 nitrogen and oxygen atoms in total. The molecule has 0 aromatic heterocycles. The average molecular weight is 264 g/mol. The summed E-state index contributed by atoms with van der Waals surface area (Å²) in [5.74, 6) is -0.0141. The molecular formula is C11H15Cl2NO2. The maximum atomic E-state index is 9.80. The molecule has 16 heavy (non-hydrogen) atoms. The molecule has 0 aliphatic carbocycles. The number of nitrogens with one attached hydrogen (secondary N) is 1. The predicted molar refractivity (Wildman–Crippen MR) is 66.2 cm³/mol. The summed E-state index contributed by atoms with van der Waals surface area (Å²) < 4.78 is 0. The van der Waals surface area contributed by atoms with Crippen molar-refractivity contribution in [3.05, 3.63) is 27.7 Å². The lowest BCUT2D eigenvalue weighted by molar-refractivity contribution is 0.187. The summed E-state index contributed by atoms with van der Waals surface area (Å²) in [5, 5.41) is 22.5. The minimum absolute atomic E-state index is 0.0141. The van der Waals surface area contributed by atoms with Crippen molar-refractivity contribution in [3.8, 4) is 5.75 Å². The van der Waals surface area contributed by atoms with E-state index in [2.05, 4.69) is 5.32 Å². The van der Waals surface area contributed by atoms with E-state index in [0.29, 0.717) is 17.1 Å². The van der Waals surface area contributed by atoms with E-state index in [-0.39, 0.29) is 16.8 Å². The number of aliphatic hydroxyl groups is 1. The van der Waals surface area contributed by atoms with E-state index in [0.717, 1.165) is 0 Å². The van der Waals surface area contributed by atoms with Gasteiger partial charge in [-0.05, 0) is 19.9 Å². The summed E-state index contributed by atoms with van der Waals surface area (Å²) in [6.45, 7) is 4.01. The number of benzene rings is 1. The van der Waals surface area contributed by atoms with Crippen LogP contribution in [0.25, 0.3) is 0 Å². The monoisotopic (exact) mass is 263 g/mol. The molecule has 2 atom stereocenters. The summed E-state index contributed by atoms with van der Waals surface area (Å²) in [4.78, 5) is 0. The SMILES string of the molecule is CC(O)CNC(C)c1ccc(Cl)c(Cl)c1O. The highest BCUT2D eigenvalue weighted by atomic mass is 35.5. The van der Waals surface area contributed by atoms with Crippen LogP contribution in [0.2, 0.25) is 10.0 Å². The molecule has 0 aliphatic heterocycles. The molecule has 3 N–H and O–H groups in total. The number of hydrogen-bond donors (Lipinski definition) is 3. The van der Waals surface area contributed by atoms with E-state index in [1.54, 1.807) is 19.1 Å². The number of phenols is 1. The Kier molecular flexibility index (Phi) is 4.87. The van der Waals surface area contributed by atoms with Crippen molar-refractivity contribution >= 4 is 23.2 Å². The molecule has 0 fully saturated rings. The molecule has 1 rings (SSSR count). The molecule has 0 bridgehead atoms. The molecule has 0 saturated carbocycles. The Hall–Kier alpha value is -0.480. The quantitative estimate of drug-likeness (QED) is 0.783. The van der Waals surface area contributed by atoms with Gasteiger partial charge in [0.15, 0.2) is 0 Å². The Morgan fingerprint density at radius 2 is 1.94 bits per heavy atom. The highest BCUT2D eigenvalue weighted by molar-refractivity contribution is 6.43. The third-order valence-corrected chi connectivity index (χ3v) is 3.08. The fourth-order valence-corrected chi connectivity index (χ4v) is 1.69. The van der Waals surface area contributed by atoms with Gasteiger partial charge in [-0.25, -0.2) is 0 Å². The lowest BCUT2D eigenvalue weighted by atomic mass is 10.1. The van der Waals surface area contributed by atoms with Gasteiger partial charge in [0.1, 0.15) is 10.8 Å². The Labute approximate surface area is 105 Å². The minimum atomic E-state index is -0.438. The minimum Gasteiger partial charge on any atom is -0.506 e. The summed E-state index contributed by atoms with van der Waals surface area (Å²) in [7, 11) is 0. The number of halogens is 2. The van der Waals surface area contributed by atoms with Crippen LogP contribution in [0.1, 0.15) is 25.5 Å². The number of rotatable bonds is 4. The van der Waals surface area contributed by atoms with Gasteiger partial charge in [-0.1, -0.05) is 29.3 Å². The highest BCUT2D eigenvalue weighted by Crippen LogP contribution is 2.36. The standard InChI is InChI=1S/C11H15Cl2NO2/c1-6(15)5-14-7(2)8-3-4-9(12)10(13)11(8)16/h3-4,6-7,14-16H,5H2,1-2H3. The summed E-state index contributed by atoms with van der Waals surface area (Å²) in [6, 6.07) is 3.24. The summed E-state index contributed by atoms with van der Waals surface area (Å²) >= 11 is 11.6. The Morgan fingerprint density at radius 1 is 1.31 bits per heavy atom. The predicted octanol–water partition coefficient (Wildman–Crippen LogP) is 2.73. The van der Waals surface area contributed by atoms with Gasteiger partial charge >= 0.3 is 0 Å². The fraction of sp³-hybridized carbons (Fsp3) is 0.455.